The second kappa shape index (κ2) is 8.25. The third-order valence-corrected chi connectivity index (χ3v) is 1.73. The summed E-state index contributed by atoms with van der Waals surface area (Å²) in [6.45, 7) is 10.2. The van der Waals surface area contributed by atoms with Crippen molar-refractivity contribution in [3.8, 4) is 0 Å². The van der Waals surface area contributed by atoms with E-state index in [2.05, 4.69) is 25.1 Å². The van der Waals surface area contributed by atoms with Gasteiger partial charge in [-0.1, -0.05) is 19.1 Å². The molecular formula is C11H19N. The Morgan fingerprint density at radius 3 is 2.58 bits per heavy atom. The average molecular weight is 165 g/mol. The first-order valence-corrected chi connectivity index (χ1v) is 4.59. The van der Waals surface area contributed by atoms with Gasteiger partial charge in [0.25, 0.3) is 0 Å². The standard InChI is InChI=1S/C11H19N/c1-4-7-8-9-11(6-3)12-10-5-2/h4-5H,1-2,6-10H2,3H3. The monoisotopic (exact) mass is 165 g/mol. The van der Waals surface area contributed by atoms with Crippen molar-refractivity contribution in [2.75, 3.05) is 6.54 Å². The van der Waals surface area contributed by atoms with Gasteiger partial charge in [0.05, 0.1) is 6.54 Å². The highest BCUT2D eigenvalue weighted by Gasteiger charge is 1.93. The van der Waals surface area contributed by atoms with Crippen molar-refractivity contribution in [1.29, 1.82) is 0 Å². The van der Waals surface area contributed by atoms with Crippen LogP contribution in [0, 0.1) is 0 Å². The van der Waals surface area contributed by atoms with Crippen LogP contribution < -0.4 is 0 Å². The lowest BCUT2D eigenvalue weighted by molar-refractivity contribution is 0.876. The van der Waals surface area contributed by atoms with Crippen molar-refractivity contribution in [2.45, 2.75) is 32.6 Å². The van der Waals surface area contributed by atoms with Gasteiger partial charge in [0, 0.05) is 5.71 Å². The molecule has 0 aromatic heterocycles. The molecule has 68 valence electrons. The number of allylic oxidation sites excluding steroid dienone is 1. The molecule has 0 spiro atoms. The number of nitrogens with zero attached hydrogens (tertiary/aromatic N) is 1. The van der Waals surface area contributed by atoms with Crippen LogP contribution in [0.2, 0.25) is 0 Å². The fourth-order valence-corrected chi connectivity index (χ4v) is 1.01. The fraction of sp³-hybridized carbons (Fsp3) is 0.545. The lowest BCUT2D eigenvalue weighted by Gasteiger charge is -2.00. The van der Waals surface area contributed by atoms with Gasteiger partial charge in [0.15, 0.2) is 0 Å². The van der Waals surface area contributed by atoms with Crippen LogP contribution in [0.25, 0.3) is 0 Å². The Kier molecular flexibility index (Phi) is 7.66. The zero-order chi connectivity index (χ0) is 9.23. The van der Waals surface area contributed by atoms with Crippen LogP contribution in [0.1, 0.15) is 32.6 Å². The molecule has 0 saturated heterocycles. The zero-order valence-corrected chi connectivity index (χ0v) is 8.05. The van der Waals surface area contributed by atoms with E-state index < -0.39 is 0 Å². The Morgan fingerprint density at radius 1 is 1.33 bits per heavy atom. The predicted molar refractivity (Wildman–Crippen MR) is 56.8 cm³/mol. The highest BCUT2D eigenvalue weighted by atomic mass is 14.7. The van der Waals surface area contributed by atoms with E-state index in [1.165, 1.54) is 12.1 Å². The van der Waals surface area contributed by atoms with Gasteiger partial charge in [-0.25, -0.2) is 0 Å². The molecule has 1 nitrogen and oxygen atoms in total. The van der Waals surface area contributed by atoms with Gasteiger partial charge < -0.3 is 0 Å². The van der Waals surface area contributed by atoms with Gasteiger partial charge in [-0.15, -0.1) is 13.2 Å². The fourth-order valence-electron chi connectivity index (χ4n) is 1.01. The molecule has 0 rings (SSSR count). The molecule has 0 aliphatic carbocycles. The van der Waals surface area contributed by atoms with Gasteiger partial charge in [0.2, 0.25) is 0 Å². The molecule has 1 heteroatoms. The molecular weight excluding hydrogens is 146 g/mol. The molecule has 0 fully saturated rings. The van der Waals surface area contributed by atoms with E-state index in [-0.39, 0.29) is 0 Å². The molecule has 12 heavy (non-hydrogen) atoms. The number of unbranched alkanes of at least 4 members (excludes halogenated alkanes) is 1. The van der Waals surface area contributed by atoms with E-state index in [0.29, 0.717) is 0 Å². The van der Waals surface area contributed by atoms with E-state index >= 15 is 0 Å². The Bertz CT molecular complexity index is 156. The molecule has 0 saturated carbocycles. The van der Waals surface area contributed by atoms with Crippen LogP contribution in [0.4, 0.5) is 0 Å². The number of rotatable bonds is 7. The summed E-state index contributed by atoms with van der Waals surface area (Å²) >= 11 is 0. The van der Waals surface area contributed by atoms with E-state index in [1.807, 2.05) is 12.2 Å². The smallest absolute Gasteiger partial charge is 0.0567 e. The first-order valence-electron chi connectivity index (χ1n) is 4.59. The van der Waals surface area contributed by atoms with E-state index in [0.717, 1.165) is 25.8 Å². The van der Waals surface area contributed by atoms with Crippen molar-refractivity contribution >= 4 is 5.71 Å². The Morgan fingerprint density at radius 2 is 2.08 bits per heavy atom. The third-order valence-electron chi connectivity index (χ3n) is 1.73. The van der Waals surface area contributed by atoms with Crippen LogP contribution >= 0.6 is 0 Å². The summed E-state index contributed by atoms with van der Waals surface area (Å²) in [6.07, 6.45) is 8.23. The summed E-state index contributed by atoms with van der Waals surface area (Å²) < 4.78 is 0. The van der Waals surface area contributed by atoms with Gasteiger partial charge in [-0.05, 0) is 25.7 Å². The molecule has 0 aromatic rings. The highest BCUT2D eigenvalue weighted by molar-refractivity contribution is 5.84. The number of hydrogen-bond acceptors (Lipinski definition) is 1. The lowest BCUT2D eigenvalue weighted by Crippen LogP contribution is -1.96. The predicted octanol–water partition coefficient (Wildman–Crippen LogP) is 3.38. The maximum atomic E-state index is 4.40. The van der Waals surface area contributed by atoms with Gasteiger partial charge >= 0.3 is 0 Å². The van der Waals surface area contributed by atoms with Crippen molar-refractivity contribution in [3.05, 3.63) is 25.3 Å². The van der Waals surface area contributed by atoms with Crippen molar-refractivity contribution < 1.29 is 0 Å². The summed E-state index contributed by atoms with van der Waals surface area (Å²) in [6, 6.07) is 0. The molecule has 0 bridgehead atoms. The number of aliphatic imine (C=N–C) groups is 1. The normalized spacial score (nSPS) is 11.2. The van der Waals surface area contributed by atoms with Crippen molar-refractivity contribution in [3.63, 3.8) is 0 Å². The van der Waals surface area contributed by atoms with Gasteiger partial charge in [-0.3, -0.25) is 4.99 Å². The second-order valence-corrected chi connectivity index (χ2v) is 2.73. The molecule has 0 N–H and O–H groups in total. The average Bonchev–Trinajstić information content (AvgIpc) is 2.11. The number of hydrogen-bond donors (Lipinski definition) is 0. The lowest BCUT2D eigenvalue weighted by atomic mass is 10.1. The summed E-state index contributed by atoms with van der Waals surface area (Å²) in [5.74, 6) is 0. The first-order chi connectivity index (χ1) is 5.85. The molecule has 0 atom stereocenters. The van der Waals surface area contributed by atoms with E-state index in [1.54, 1.807) is 0 Å². The Labute approximate surface area is 75.9 Å². The minimum atomic E-state index is 0.761. The Hall–Kier alpha value is -0.850. The maximum absolute atomic E-state index is 4.40. The van der Waals surface area contributed by atoms with Gasteiger partial charge in [-0.2, -0.15) is 0 Å². The van der Waals surface area contributed by atoms with E-state index in [9.17, 15) is 0 Å². The summed E-state index contributed by atoms with van der Waals surface area (Å²) in [4.78, 5) is 4.40. The molecule has 0 aromatic carbocycles. The highest BCUT2D eigenvalue weighted by Crippen LogP contribution is 2.01. The molecule has 0 amide bonds. The minimum absolute atomic E-state index is 0.761. The van der Waals surface area contributed by atoms with Gasteiger partial charge in [0.1, 0.15) is 0 Å². The maximum Gasteiger partial charge on any atom is 0.0567 e. The topological polar surface area (TPSA) is 12.4 Å². The van der Waals surface area contributed by atoms with Crippen LogP contribution in [0.15, 0.2) is 30.3 Å². The SMILES string of the molecule is C=CCCCC(CC)=NCC=C. The largest absolute Gasteiger partial charge is 0.290 e. The molecule has 0 aliphatic heterocycles. The molecule has 0 heterocycles. The quantitative estimate of drug-likeness (QED) is 0.311. The van der Waals surface area contributed by atoms with Crippen molar-refractivity contribution in [1.82, 2.24) is 0 Å². The molecule has 0 radical (unpaired) electrons. The van der Waals surface area contributed by atoms with Crippen LogP contribution in [0.5, 0.6) is 0 Å². The summed E-state index contributed by atoms with van der Waals surface area (Å²) in [7, 11) is 0. The second-order valence-electron chi connectivity index (χ2n) is 2.73. The summed E-state index contributed by atoms with van der Waals surface area (Å²) in [5.41, 5.74) is 1.30. The molecule has 0 aliphatic rings. The van der Waals surface area contributed by atoms with Crippen molar-refractivity contribution in [2.24, 2.45) is 4.99 Å². The van der Waals surface area contributed by atoms with Crippen LogP contribution in [-0.2, 0) is 0 Å². The molecule has 0 unspecified atom stereocenters. The summed E-state index contributed by atoms with van der Waals surface area (Å²) in [5, 5.41) is 0. The van der Waals surface area contributed by atoms with Crippen LogP contribution in [-0.4, -0.2) is 12.3 Å². The first kappa shape index (κ1) is 11.2. The Balaban J connectivity index is 3.65. The zero-order valence-electron chi connectivity index (χ0n) is 8.05. The van der Waals surface area contributed by atoms with Crippen LogP contribution in [0.3, 0.4) is 0 Å². The van der Waals surface area contributed by atoms with E-state index in [4.69, 9.17) is 0 Å². The third kappa shape index (κ3) is 5.90. The minimum Gasteiger partial charge on any atom is -0.290 e.